The molecule has 0 aliphatic rings. The second-order valence-corrected chi connectivity index (χ2v) is 5.62. The summed E-state index contributed by atoms with van der Waals surface area (Å²) in [5.41, 5.74) is 3.02. The molecule has 2 N–H and O–H groups in total. The van der Waals surface area contributed by atoms with Crippen LogP contribution in [0.5, 0.6) is 11.5 Å². The van der Waals surface area contributed by atoms with Gasteiger partial charge in [0.05, 0.1) is 29.7 Å². The van der Waals surface area contributed by atoms with E-state index in [0.29, 0.717) is 18.0 Å². The van der Waals surface area contributed by atoms with Gasteiger partial charge in [0, 0.05) is 6.54 Å². The van der Waals surface area contributed by atoms with Crippen LogP contribution in [-0.2, 0) is 6.54 Å². The fourth-order valence-corrected chi connectivity index (χ4v) is 2.95. The highest BCUT2D eigenvalue weighted by molar-refractivity contribution is 9.10. The minimum Gasteiger partial charge on any atom is -0.493 e. The fourth-order valence-electron chi connectivity index (χ4n) is 2.30. The van der Waals surface area contributed by atoms with Crippen LogP contribution in [0, 0.1) is 0 Å². The van der Waals surface area contributed by atoms with Gasteiger partial charge in [-0.2, -0.15) is 0 Å². The van der Waals surface area contributed by atoms with Gasteiger partial charge in [-0.3, -0.25) is 0 Å². The number of rotatable bonds is 5. The highest BCUT2D eigenvalue weighted by Gasteiger charge is 2.10. The fraction of sp³-hybridized carbons (Fsp3) is 0.188. The van der Waals surface area contributed by atoms with Crippen LogP contribution >= 0.6 is 15.9 Å². The van der Waals surface area contributed by atoms with Gasteiger partial charge in [0.15, 0.2) is 11.5 Å². The van der Waals surface area contributed by atoms with Gasteiger partial charge in [0.1, 0.15) is 0 Å². The van der Waals surface area contributed by atoms with Crippen molar-refractivity contribution in [2.24, 2.45) is 0 Å². The number of nitrogens with zero attached hydrogens (tertiary/aromatic N) is 1. The number of anilines is 1. The van der Waals surface area contributed by atoms with E-state index in [4.69, 9.17) is 9.47 Å². The average Bonchev–Trinajstić information content (AvgIpc) is 2.95. The maximum Gasteiger partial charge on any atom is 0.201 e. The highest BCUT2D eigenvalue weighted by Crippen LogP contribution is 2.36. The number of halogens is 1. The quantitative estimate of drug-likeness (QED) is 0.722. The Morgan fingerprint density at radius 3 is 2.73 bits per heavy atom. The van der Waals surface area contributed by atoms with Crippen molar-refractivity contribution in [2.75, 3.05) is 19.5 Å². The smallest absolute Gasteiger partial charge is 0.201 e. The predicted molar refractivity (Wildman–Crippen MR) is 90.7 cm³/mol. The SMILES string of the molecule is COc1cc(CNc2nc3ccccc3[nH]2)cc(Br)c1OC. The number of nitrogens with one attached hydrogen (secondary N) is 2. The average molecular weight is 362 g/mol. The van der Waals surface area contributed by atoms with Crippen molar-refractivity contribution in [3.63, 3.8) is 0 Å². The van der Waals surface area contributed by atoms with Gasteiger partial charge in [-0.15, -0.1) is 0 Å². The molecule has 0 radical (unpaired) electrons. The van der Waals surface area contributed by atoms with Gasteiger partial charge in [0.2, 0.25) is 5.95 Å². The first-order valence-corrected chi connectivity index (χ1v) is 7.59. The Balaban J connectivity index is 1.79. The molecule has 2 aromatic carbocycles. The van der Waals surface area contributed by atoms with Crippen molar-refractivity contribution in [1.29, 1.82) is 0 Å². The molecule has 3 aromatic rings. The second kappa shape index (κ2) is 6.27. The van der Waals surface area contributed by atoms with Gasteiger partial charge in [-0.05, 0) is 45.8 Å². The van der Waals surface area contributed by atoms with Crippen LogP contribution in [0.15, 0.2) is 40.9 Å². The largest absolute Gasteiger partial charge is 0.493 e. The van der Waals surface area contributed by atoms with Crippen molar-refractivity contribution >= 4 is 32.9 Å². The minimum absolute atomic E-state index is 0.624. The van der Waals surface area contributed by atoms with Crippen LogP contribution in [0.1, 0.15) is 5.56 Å². The van der Waals surface area contributed by atoms with Gasteiger partial charge >= 0.3 is 0 Å². The van der Waals surface area contributed by atoms with E-state index < -0.39 is 0 Å². The number of ether oxygens (including phenoxy) is 2. The third kappa shape index (κ3) is 2.87. The molecule has 0 fully saturated rings. The zero-order valence-electron chi connectivity index (χ0n) is 12.3. The molecule has 0 saturated heterocycles. The number of aromatic amines is 1. The maximum atomic E-state index is 5.35. The van der Waals surface area contributed by atoms with Crippen LogP contribution in [0.4, 0.5) is 5.95 Å². The van der Waals surface area contributed by atoms with Crippen LogP contribution in [0.3, 0.4) is 0 Å². The first kappa shape index (κ1) is 14.7. The molecular weight excluding hydrogens is 346 g/mol. The molecule has 0 spiro atoms. The molecule has 0 aliphatic carbocycles. The maximum absolute atomic E-state index is 5.35. The Morgan fingerprint density at radius 1 is 1.18 bits per heavy atom. The summed E-state index contributed by atoms with van der Waals surface area (Å²) in [4.78, 5) is 7.73. The minimum atomic E-state index is 0.624. The third-order valence-corrected chi connectivity index (χ3v) is 3.93. The van der Waals surface area contributed by atoms with E-state index in [9.17, 15) is 0 Å². The van der Waals surface area contributed by atoms with Crippen molar-refractivity contribution in [3.8, 4) is 11.5 Å². The summed E-state index contributed by atoms with van der Waals surface area (Å²) < 4.78 is 11.5. The lowest BCUT2D eigenvalue weighted by molar-refractivity contribution is 0.352. The number of aromatic nitrogens is 2. The number of fused-ring (bicyclic) bond motifs is 1. The lowest BCUT2D eigenvalue weighted by Crippen LogP contribution is -2.02. The van der Waals surface area contributed by atoms with E-state index in [1.807, 2.05) is 36.4 Å². The Hall–Kier alpha value is -2.21. The molecule has 0 bridgehead atoms. The normalized spacial score (nSPS) is 10.7. The van der Waals surface area contributed by atoms with E-state index in [2.05, 4.69) is 31.2 Å². The standard InChI is InChI=1S/C16H16BrN3O2/c1-21-14-8-10(7-11(17)15(14)22-2)9-18-16-19-12-5-3-4-6-13(12)20-16/h3-8H,9H2,1-2H3,(H2,18,19,20). The van der Waals surface area contributed by atoms with E-state index in [1.165, 1.54) is 0 Å². The summed E-state index contributed by atoms with van der Waals surface area (Å²) >= 11 is 3.50. The molecule has 0 unspecified atom stereocenters. The summed E-state index contributed by atoms with van der Waals surface area (Å²) in [5, 5.41) is 3.28. The lowest BCUT2D eigenvalue weighted by atomic mass is 10.2. The topological polar surface area (TPSA) is 59.2 Å². The van der Waals surface area contributed by atoms with Crippen molar-refractivity contribution in [2.45, 2.75) is 6.54 Å². The van der Waals surface area contributed by atoms with Crippen molar-refractivity contribution in [3.05, 3.63) is 46.4 Å². The number of methoxy groups -OCH3 is 2. The molecule has 5 nitrogen and oxygen atoms in total. The molecule has 22 heavy (non-hydrogen) atoms. The first-order valence-electron chi connectivity index (χ1n) is 6.80. The van der Waals surface area contributed by atoms with Crippen LogP contribution < -0.4 is 14.8 Å². The summed E-state index contributed by atoms with van der Waals surface area (Å²) in [6, 6.07) is 11.9. The molecular formula is C16H16BrN3O2. The number of H-pyrrole nitrogens is 1. The van der Waals surface area contributed by atoms with E-state index in [-0.39, 0.29) is 0 Å². The zero-order valence-corrected chi connectivity index (χ0v) is 13.9. The van der Waals surface area contributed by atoms with Crippen molar-refractivity contribution < 1.29 is 9.47 Å². The molecule has 0 aliphatic heterocycles. The summed E-state index contributed by atoms with van der Waals surface area (Å²) in [5.74, 6) is 2.13. The van der Waals surface area contributed by atoms with Gasteiger partial charge in [0.25, 0.3) is 0 Å². The number of hydrogen-bond donors (Lipinski definition) is 2. The van der Waals surface area contributed by atoms with Crippen LogP contribution in [-0.4, -0.2) is 24.2 Å². The molecule has 3 rings (SSSR count). The Morgan fingerprint density at radius 2 is 2.00 bits per heavy atom. The molecule has 1 aromatic heterocycles. The molecule has 1 heterocycles. The molecule has 0 atom stereocenters. The molecule has 0 saturated carbocycles. The van der Waals surface area contributed by atoms with Crippen molar-refractivity contribution in [1.82, 2.24) is 9.97 Å². The van der Waals surface area contributed by atoms with Crippen LogP contribution in [0.2, 0.25) is 0 Å². The highest BCUT2D eigenvalue weighted by atomic mass is 79.9. The molecule has 0 amide bonds. The summed E-state index contributed by atoms with van der Waals surface area (Å²) in [6.45, 7) is 0.624. The summed E-state index contributed by atoms with van der Waals surface area (Å²) in [7, 11) is 3.25. The number of imidazole rings is 1. The monoisotopic (exact) mass is 361 g/mol. The van der Waals surface area contributed by atoms with Gasteiger partial charge in [-0.1, -0.05) is 12.1 Å². The molecule has 6 heteroatoms. The number of para-hydroxylation sites is 2. The summed E-state index contributed by atoms with van der Waals surface area (Å²) in [6.07, 6.45) is 0. The van der Waals surface area contributed by atoms with Gasteiger partial charge < -0.3 is 19.8 Å². The van der Waals surface area contributed by atoms with E-state index >= 15 is 0 Å². The first-order chi connectivity index (χ1) is 10.7. The van der Waals surface area contributed by atoms with Gasteiger partial charge in [-0.25, -0.2) is 4.98 Å². The van der Waals surface area contributed by atoms with E-state index in [0.717, 1.165) is 27.0 Å². The Kier molecular flexibility index (Phi) is 4.20. The van der Waals surface area contributed by atoms with Crippen LogP contribution in [0.25, 0.3) is 11.0 Å². The zero-order chi connectivity index (χ0) is 15.5. The molecule has 114 valence electrons. The Bertz CT molecular complexity index is 768. The number of hydrogen-bond acceptors (Lipinski definition) is 4. The van der Waals surface area contributed by atoms with E-state index in [1.54, 1.807) is 14.2 Å². The predicted octanol–water partition coefficient (Wildman–Crippen LogP) is 3.95. The Labute approximate surface area is 136 Å². The third-order valence-electron chi connectivity index (χ3n) is 3.34. The second-order valence-electron chi connectivity index (χ2n) is 4.77. The lowest BCUT2D eigenvalue weighted by Gasteiger charge is -2.12. The number of benzene rings is 2.